The van der Waals surface area contributed by atoms with Gasteiger partial charge in [-0.2, -0.15) is 0 Å². The minimum Gasteiger partial charge on any atom is -0.376 e. The minimum absolute atomic E-state index is 0.0209. The third-order valence-electron chi connectivity index (χ3n) is 1.92. The average molecular weight is 237 g/mol. The van der Waals surface area contributed by atoms with E-state index in [2.05, 4.69) is 10.6 Å². The summed E-state index contributed by atoms with van der Waals surface area (Å²) in [5, 5.41) is 5.80. The highest BCUT2D eigenvalue weighted by atomic mass is 32.1. The van der Waals surface area contributed by atoms with Crippen LogP contribution < -0.4 is 16.4 Å². The highest BCUT2D eigenvalue weighted by Crippen LogP contribution is 2.15. The molecule has 0 bridgehead atoms. The standard InChI is InChI=1S/C11H15N3OS/c1-7(2)10(15)13-8-4-3-5-9(6-8)14-11(12)16/h3-7H,1-2H3,(H,13,15)(H3,12,14,16). The number of benzene rings is 1. The van der Waals surface area contributed by atoms with Crippen LogP contribution in [0.25, 0.3) is 0 Å². The maximum absolute atomic E-state index is 11.5. The summed E-state index contributed by atoms with van der Waals surface area (Å²) in [5.41, 5.74) is 6.84. The molecule has 86 valence electrons. The van der Waals surface area contributed by atoms with Gasteiger partial charge < -0.3 is 16.4 Å². The van der Waals surface area contributed by atoms with Crippen LogP contribution in [-0.4, -0.2) is 11.0 Å². The van der Waals surface area contributed by atoms with Gasteiger partial charge in [-0.1, -0.05) is 19.9 Å². The molecule has 4 N–H and O–H groups in total. The Morgan fingerprint density at radius 2 is 1.88 bits per heavy atom. The van der Waals surface area contributed by atoms with Crippen LogP contribution >= 0.6 is 12.2 Å². The fraction of sp³-hybridized carbons (Fsp3) is 0.273. The lowest BCUT2D eigenvalue weighted by Crippen LogP contribution is -2.20. The predicted molar refractivity (Wildman–Crippen MR) is 70.3 cm³/mol. The maximum Gasteiger partial charge on any atom is 0.226 e. The highest BCUT2D eigenvalue weighted by Gasteiger charge is 2.06. The Kier molecular flexibility index (Phi) is 4.25. The number of hydrogen-bond acceptors (Lipinski definition) is 2. The monoisotopic (exact) mass is 237 g/mol. The summed E-state index contributed by atoms with van der Waals surface area (Å²) >= 11 is 4.73. The van der Waals surface area contributed by atoms with Crippen molar-refractivity contribution in [3.8, 4) is 0 Å². The molecule has 1 amide bonds. The second-order valence-electron chi connectivity index (χ2n) is 3.71. The fourth-order valence-electron chi connectivity index (χ4n) is 1.10. The first-order chi connectivity index (χ1) is 7.49. The first-order valence-corrected chi connectivity index (χ1v) is 5.37. The molecular formula is C11H15N3OS. The van der Waals surface area contributed by atoms with Crippen LogP contribution in [0, 0.1) is 5.92 Å². The van der Waals surface area contributed by atoms with Crippen LogP contribution in [0.1, 0.15) is 13.8 Å². The number of nitrogens with two attached hydrogens (primary N) is 1. The zero-order valence-electron chi connectivity index (χ0n) is 9.28. The van der Waals surface area contributed by atoms with Gasteiger partial charge in [-0.3, -0.25) is 4.79 Å². The molecular weight excluding hydrogens is 222 g/mol. The van der Waals surface area contributed by atoms with Gasteiger partial charge in [0.05, 0.1) is 0 Å². The molecule has 0 saturated carbocycles. The van der Waals surface area contributed by atoms with Gasteiger partial charge in [0.2, 0.25) is 5.91 Å². The van der Waals surface area contributed by atoms with Crippen LogP contribution in [0.2, 0.25) is 0 Å². The van der Waals surface area contributed by atoms with Gasteiger partial charge in [0.15, 0.2) is 5.11 Å². The van der Waals surface area contributed by atoms with E-state index in [0.717, 1.165) is 11.4 Å². The van der Waals surface area contributed by atoms with Crippen molar-refractivity contribution in [1.29, 1.82) is 0 Å². The van der Waals surface area contributed by atoms with E-state index < -0.39 is 0 Å². The Bertz CT molecular complexity index is 404. The van der Waals surface area contributed by atoms with Crippen LogP contribution in [0.4, 0.5) is 11.4 Å². The lowest BCUT2D eigenvalue weighted by Gasteiger charge is -2.09. The Hall–Kier alpha value is -1.62. The molecule has 0 heterocycles. The molecule has 0 unspecified atom stereocenters. The number of amides is 1. The van der Waals surface area contributed by atoms with E-state index in [1.165, 1.54) is 0 Å². The van der Waals surface area contributed by atoms with Gasteiger partial charge in [0.1, 0.15) is 0 Å². The number of nitrogens with one attached hydrogen (secondary N) is 2. The first kappa shape index (κ1) is 12.4. The number of carbonyl (C=O) groups is 1. The SMILES string of the molecule is CC(C)C(=O)Nc1cccc(NC(N)=S)c1. The average Bonchev–Trinajstić information content (AvgIpc) is 2.16. The number of rotatable bonds is 3. The molecule has 0 radical (unpaired) electrons. The Morgan fingerprint density at radius 3 is 2.38 bits per heavy atom. The van der Waals surface area contributed by atoms with Gasteiger partial charge in [-0.25, -0.2) is 0 Å². The molecule has 4 nitrogen and oxygen atoms in total. The van der Waals surface area contributed by atoms with Gasteiger partial charge >= 0.3 is 0 Å². The molecule has 0 aliphatic rings. The number of thiocarbonyl (C=S) groups is 1. The van der Waals surface area contributed by atoms with E-state index in [-0.39, 0.29) is 16.9 Å². The van der Waals surface area contributed by atoms with Crippen LogP contribution in [0.5, 0.6) is 0 Å². The summed E-state index contributed by atoms with van der Waals surface area (Å²) in [6.45, 7) is 3.68. The molecule has 1 aromatic carbocycles. The number of anilines is 2. The number of hydrogen-bond donors (Lipinski definition) is 3. The minimum atomic E-state index is -0.0489. The Balaban J connectivity index is 2.74. The molecule has 1 rings (SSSR count). The molecule has 0 aliphatic carbocycles. The van der Waals surface area contributed by atoms with E-state index in [9.17, 15) is 4.79 Å². The Labute approximate surface area is 100 Å². The smallest absolute Gasteiger partial charge is 0.226 e. The number of carbonyl (C=O) groups excluding carboxylic acids is 1. The van der Waals surface area contributed by atoms with Crippen LogP contribution in [0.3, 0.4) is 0 Å². The Morgan fingerprint density at radius 1 is 1.31 bits per heavy atom. The van der Waals surface area contributed by atoms with Crippen molar-refractivity contribution < 1.29 is 4.79 Å². The maximum atomic E-state index is 11.5. The van der Waals surface area contributed by atoms with Gasteiger partial charge in [-0.15, -0.1) is 0 Å². The molecule has 0 aromatic heterocycles. The van der Waals surface area contributed by atoms with Gasteiger partial charge in [-0.05, 0) is 30.4 Å². The third kappa shape index (κ3) is 3.86. The quantitative estimate of drug-likeness (QED) is 0.703. The van der Waals surface area contributed by atoms with E-state index in [4.69, 9.17) is 18.0 Å². The summed E-state index contributed by atoms with van der Waals surface area (Å²) in [4.78, 5) is 11.5. The van der Waals surface area contributed by atoms with E-state index in [1.54, 1.807) is 6.07 Å². The second-order valence-corrected chi connectivity index (χ2v) is 4.15. The van der Waals surface area contributed by atoms with Crippen molar-refractivity contribution in [2.75, 3.05) is 10.6 Å². The van der Waals surface area contributed by atoms with Crippen molar-refractivity contribution in [3.05, 3.63) is 24.3 Å². The summed E-state index contributed by atoms with van der Waals surface area (Å²) in [5.74, 6) is -0.0697. The zero-order chi connectivity index (χ0) is 12.1. The molecule has 0 spiro atoms. The van der Waals surface area contributed by atoms with Crippen molar-refractivity contribution in [1.82, 2.24) is 0 Å². The van der Waals surface area contributed by atoms with Crippen molar-refractivity contribution in [2.45, 2.75) is 13.8 Å². The summed E-state index contributed by atoms with van der Waals surface area (Å²) in [6.07, 6.45) is 0. The van der Waals surface area contributed by atoms with E-state index in [1.807, 2.05) is 32.0 Å². The molecule has 1 aromatic rings. The third-order valence-corrected chi connectivity index (χ3v) is 2.02. The lowest BCUT2D eigenvalue weighted by atomic mass is 10.2. The highest BCUT2D eigenvalue weighted by molar-refractivity contribution is 7.80. The summed E-state index contributed by atoms with van der Waals surface area (Å²) < 4.78 is 0. The van der Waals surface area contributed by atoms with Crippen LogP contribution in [0.15, 0.2) is 24.3 Å². The first-order valence-electron chi connectivity index (χ1n) is 4.96. The van der Waals surface area contributed by atoms with Crippen molar-refractivity contribution >= 4 is 34.6 Å². The second kappa shape index (κ2) is 5.46. The molecule has 0 fully saturated rings. The molecule has 0 atom stereocenters. The lowest BCUT2D eigenvalue weighted by molar-refractivity contribution is -0.118. The van der Waals surface area contributed by atoms with E-state index in [0.29, 0.717) is 0 Å². The van der Waals surface area contributed by atoms with Crippen molar-refractivity contribution in [2.24, 2.45) is 11.7 Å². The topological polar surface area (TPSA) is 67.2 Å². The predicted octanol–water partition coefficient (Wildman–Crippen LogP) is 1.94. The van der Waals surface area contributed by atoms with E-state index >= 15 is 0 Å². The van der Waals surface area contributed by atoms with Crippen LogP contribution in [-0.2, 0) is 4.79 Å². The molecule has 0 saturated heterocycles. The normalized spacial score (nSPS) is 9.94. The largest absolute Gasteiger partial charge is 0.376 e. The van der Waals surface area contributed by atoms with Gasteiger partial charge in [0, 0.05) is 17.3 Å². The molecule has 16 heavy (non-hydrogen) atoms. The molecule has 0 aliphatic heterocycles. The zero-order valence-corrected chi connectivity index (χ0v) is 10.1. The summed E-state index contributed by atoms with van der Waals surface area (Å²) in [7, 11) is 0. The van der Waals surface area contributed by atoms with Gasteiger partial charge in [0.25, 0.3) is 0 Å². The fourth-order valence-corrected chi connectivity index (χ4v) is 1.22. The summed E-state index contributed by atoms with van der Waals surface area (Å²) in [6, 6.07) is 7.23. The molecule has 5 heteroatoms. The van der Waals surface area contributed by atoms with Crippen molar-refractivity contribution in [3.63, 3.8) is 0 Å².